The van der Waals surface area contributed by atoms with E-state index in [1.165, 1.54) is 0 Å². The number of hydrogen-bond donors (Lipinski definition) is 0. The van der Waals surface area contributed by atoms with E-state index in [1.54, 1.807) is 17.5 Å². The fourth-order valence-corrected chi connectivity index (χ4v) is 4.65. The average Bonchev–Trinajstić information content (AvgIpc) is 3.33. The molecule has 122 valence electrons. The fraction of sp³-hybridized carbons (Fsp3) is 0.733. The number of nitrogens with zero attached hydrogens (tertiary/aromatic N) is 4. The predicted molar refractivity (Wildman–Crippen MR) is 86.3 cm³/mol. The molecule has 0 N–H and O–H groups in total. The Labute approximate surface area is 132 Å². The second-order valence-electron chi connectivity index (χ2n) is 6.45. The molecule has 2 heterocycles. The highest BCUT2D eigenvalue weighted by Gasteiger charge is 2.39. The quantitative estimate of drug-likeness (QED) is 0.819. The van der Waals surface area contributed by atoms with Crippen molar-refractivity contribution in [3.05, 3.63) is 18.0 Å². The Balaban J connectivity index is 1.53. The van der Waals surface area contributed by atoms with E-state index in [0.717, 1.165) is 50.4 Å². The van der Waals surface area contributed by atoms with Gasteiger partial charge in [-0.15, -0.1) is 0 Å². The molecule has 1 aromatic heterocycles. The largest absolute Gasteiger partial charge is 0.341 e. The Kier molecular flexibility index (Phi) is 4.36. The van der Waals surface area contributed by atoms with Crippen LogP contribution in [0.5, 0.6) is 0 Å². The summed E-state index contributed by atoms with van der Waals surface area (Å²) in [5, 5.41) is -0.113. The molecule has 0 amide bonds. The minimum atomic E-state index is -3.04. The lowest BCUT2D eigenvalue weighted by Crippen LogP contribution is -2.40. The third-order valence-corrected chi connectivity index (χ3v) is 6.91. The summed E-state index contributed by atoms with van der Waals surface area (Å²) in [5.41, 5.74) is 0.974. The first-order chi connectivity index (χ1) is 10.5. The van der Waals surface area contributed by atoms with Crippen molar-refractivity contribution < 1.29 is 8.42 Å². The lowest BCUT2D eigenvalue weighted by Gasteiger charge is -2.33. The van der Waals surface area contributed by atoms with Gasteiger partial charge < -0.3 is 4.90 Å². The lowest BCUT2D eigenvalue weighted by atomic mass is 9.97. The van der Waals surface area contributed by atoms with Crippen LogP contribution in [-0.4, -0.2) is 54.6 Å². The topological polar surface area (TPSA) is 66.4 Å². The standard InChI is InChI=1S/C15H24N4O2S/c1-12-5-8-16-15(17-12)19-9-6-13(7-10-19)11-18(2)22(20,21)14-3-4-14/h5,8,13-14H,3-4,6-7,9-11H2,1-2H3. The number of rotatable bonds is 5. The summed E-state index contributed by atoms with van der Waals surface area (Å²) in [4.78, 5) is 11.0. The SMILES string of the molecule is Cc1ccnc(N2CCC(CN(C)S(=O)(=O)C3CC3)CC2)n1. The van der Waals surface area contributed by atoms with Gasteiger partial charge in [0.05, 0.1) is 5.25 Å². The van der Waals surface area contributed by atoms with Crippen LogP contribution in [-0.2, 0) is 10.0 Å². The fourth-order valence-electron chi connectivity index (χ4n) is 2.99. The molecule has 1 saturated carbocycles. The van der Waals surface area contributed by atoms with E-state index >= 15 is 0 Å². The van der Waals surface area contributed by atoms with Crippen molar-refractivity contribution in [3.8, 4) is 0 Å². The van der Waals surface area contributed by atoms with Crippen LogP contribution in [0.25, 0.3) is 0 Å². The first kappa shape index (κ1) is 15.7. The number of aromatic nitrogens is 2. The number of anilines is 1. The van der Waals surface area contributed by atoms with Crippen LogP contribution in [0.4, 0.5) is 5.95 Å². The molecule has 0 spiro atoms. The highest BCUT2D eigenvalue weighted by molar-refractivity contribution is 7.90. The van der Waals surface area contributed by atoms with E-state index in [-0.39, 0.29) is 5.25 Å². The molecular weight excluding hydrogens is 300 g/mol. The van der Waals surface area contributed by atoms with Crippen molar-refractivity contribution in [2.75, 3.05) is 31.6 Å². The Morgan fingerprint density at radius 3 is 2.55 bits per heavy atom. The highest BCUT2D eigenvalue weighted by atomic mass is 32.2. The third kappa shape index (κ3) is 3.41. The molecular formula is C15H24N4O2S. The van der Waals surface area contributed by atoms with Gasteiger partial charge in [-0.25, -0.2) is 22.7 Å². The van der Waals surface area contributed by atoms with Crippen molar-refractivity contribution >= 4 is 16.0 Å². The van der Waals surface area contributed by atoms with Crippen LogP contribution >= 0.6 is 0 Å². The second-order valence-corrected chi connectivity index (χ2v) is 8.77. The molecule has 22 heavy (non-hydrogen) atoms. The maximum Gasteiger partial charge on any atom is 0.225 e. The molecule has 7 heteroatoms. The maximum atomic E-state index is 12.2. The van der Waals surface area contributed by atoms with Crippen molar-refractivity contribution in [2.45, 2.75) is 37.9 Å². The van der Waals surface area contributed by atoms with Crippen molar-refractivity contribution in [3.63, 3.8) is 0 Å². The van der Waals surface area contributed by atoms with Gasteiger partial charge in [-0.1, -0.05) is 0 Å². The molecule has 0 unspecified atom stereocenters. The number of aryl methyl sites for hydroxylation is 1. The van der Waals surface area contributed by atoms with Crippen LogP contribution < -0.4 is 4.90 Å². The van der Waals surface area contributed by atoms with Gasteiger partial charge in [0.1, 0.15) is 0 Å². The van der Waals surface area contributed by atoms with Gasteiger partial charge >= 0.3 is 0 Å². The molecule has 2 fully saturated rings. The lowest BCUT2D eigenvalue weighted by molar-refractivity contribution is 0.326. The minimum absolute atomic E-state index is 0.113. The van der Waals surface area contributed by atoms with E-state index < -0.39 is 10.0 Å². The summed E-state index contributed by atoms with van der Waals surface area (Å²) in [6.45, 7) is 4.40. The van der Waals surface area contributed by atoms with E-state index in [9.17, 15) is 8.42 Å². The Bertz CT molecular complexity index is 622. The van der Waals surface area contributed by atoms with Gasteiger partial charge in [-0.05, 0) is 44.6 Å². The van der Waals surface area contributed by atoms with Gasteiger partial charge in [-0.3, -0.25) is 0 Å². The molecule has 1 aliphatic heterocycles. The normalized spacial score (nSPS) is 20.6. The van der Waals surface area contributed by atoms with Gasteiger partial charge in [0.25, 0.3) is 0 Å². The molecule has 1 aliphatic carbocycles. The predicted octanol–water partition coefficient (Wildman–Crippen LogP) is 1.43. The second kappa shape index (κ2) is 6.12. The molecule has 2 aliphatic rings. The molecule has 0 radical (unpaired) electrons. The number of piperidine rings is 1. The number of sulfonamides is 1. The third-order valence-electron chi connectivity index (χ3n) is 4.57. The maximum absolute atomic E-state index is 12.2. The van der Waals surface area contributed by atoms with E-state index in [0.29, 0.717) is 12.5 Å². The first-order valence-electron chi connectivity index (χ1n) is 7.96. The van der Waals surface area contributed by atoms with E-state index in [4.69, 9.17) is 0 Å². The monoisotopic (exact) mass is 324 g/mol. The summed E-state index contributed by atoms with van der Waals surface area (Å²) >= 11 is 0. The smallest absolute Gasteiger partial charge is 0.225 e. The average molecular weight is 324 g/mol. The molecule has 0 aromatic carbocycles. The summed E-state index contributed by atoms with van der Waals surface area (Å²) in [6.07, 6.45) is 5.43. The van der Waals surface area contributed by atoms with Crippen LogP contribution in [0.3, 0.4) is 0 Å². The summed E-state index contributed by atoms with van der Waals surface area (Å²) in [5.74, 6) is 1.22. The van der Waals surface area contributed by atoms with Gasteiger partial charge in [0.2, 0.25) is 16.0 Å². The van der Waals surface area contributed by atoms with Crippen molar-refractivity contribution in [1.29, 1.82) is 0 Å². The van der Waals surface area contributed by atoms with Crippen molar-refractivity contribution in [2.24, 2.45) is 5.92 Å². The molecule has 1 saturated heterocycles. The summed E-state index contributed by atoms with van der Waals surface area (Å²) in [7, 11) is -1.32. The molecule has 6 nitrogen and oxygen atoms in total. The minimum Gasteiger partial charge on any atom is -0.341 e. The first-order valence-corrected chi connectivity index (χ1v) is 9.47. The zero-order chi connectivity index (χ0) is 15.7. The Morgan fingerprint density at radius 1 is 1.27 bits per heavy atom. The molecule has 1 aromatic rings. The number of hydrogen-bond acceptors (Lipinski definition) is 5. The van der Waals surface area contributed by atoms with Gasteiger partial charge in [-0.2, -0.15) is 0 Å². The zero-order valence-corrected chi connectivity index (χ0v) is 14.1. The summed E-state index contributed by atoms with van der Waals surface area (Å²) < 4.78 is 25.9. The van der Waals surface area contributed by atoms with Crippen LogP contribution in [0.15, 0.2) is 12.3 Å². The molecule has 0 bridgehead atoms. The highest BCUT2D eigenvalue weighted by Crippen LogP contribution is 2.31. The van der Waals surface area contributed by atoms with Gasteiger partial charge in [0, 0.05) is 38.6 Å². The van der Waals surface area contributed by atoms with E-state index in [2.05, 4.69) is 14.9 Å². The molecule has 3 rings (SSSR count). The van der Waals surface area contributed by atoms with Crippen molar-refractivity contribution in [1.82, 2.24) is 14.3 Å². The van der Waals surface area contributed by atoms with Crippen LogP contribution in [0.1, 0.15) is 31.4 Å². The summed E-state index contributed by atoms with van der Waals surface area (Å²) in [6, 6.07) is 1.90. The zero-order valence-electron chi connectivity index (χ0n) is 13.3. The Morgan fingerprint density at radius 2 is 1.95 bits per heavy atom. The van der Waals surface area contributed by atoms with Crippen LogP contribution in [0, 0.1) is 12.8 Å². The molecule has 0 atom stereocenters. The Hall–Kier alpha value is -1.21. The van der Waals surface area contributed by atoms with Crippen LogP contribution in [0.2, 0.25) is 0 Å². The van der Waals surface area contributed by atoms with E-state index in [1.807, 2.05) is 13.0 Å². The van der Waals surface area contributed by atoms with Gasteiger partial charge in [0.15, 0.2) is 0 Å².